The zero-order valence-corrected chi connectivity index (χ0v) is 6.93. The maximum atomic E-state index is 7.62. The molecule has 0 spiro atoms. The van der Waals surface area contributed by atoms with E-state index in [9.17, 15) is 0 Å². The van der Waals surface area contributed by atoms with Crippen LogP contribution in [0, 0.1) is 0 Å². The van der Waals surface area contributed by atoms with E-state index in [1.165, 1.54) is 18.4 Å². The maximum Gasteiger partial charge on any atom is 0.0662 e. The van der Waals surface area contributed by atoms with Crippen molar-refractivity contribution in [1.82, 2.24) is 0 Å². The van der Waals surface area contributed by atoms with Crippen LogP contribution in [0.25, 0.3) is 0 Å². The molecule has 2 nitrogen and oxygen atoms in total. The van der Waals surface area contributed by atoms with Gasteiger partial charge in [0.1, 0.15) is 0 Å². The van der Waals surface area contributed by atoms with Gasteiger partial charge in [-0.15, -0.1) is 6.58 Å². The molecular formula is C8H18O2. The summed E-state index contributed by atoms with van der Waals surface area (Å²) >= 11 is 0. The highest BCUT2D eigenvalue weighted by Gasteiger charge is 1.76. The fourth-order valence-electron chi connectivity index (χ4n) is 0.427. The van der Waals surface area contributed by atoms with Gasteiger partial charge in [-0.3, -0.25) is 0 Å². The molecule has 0 saturated heterocycles. The molecule has 0 aliphatic carbocycles. The van der Waals surface area contributed by atoms with Gasteiger partial charge in [-0.2, -0.15) is 0 Å². The van der Waals surface area contributed by atoms with Gasteiger partial charge in [-0.25, -0.2) is 0 Å². The van der Waals surface area contributed by atoms with Crippen LogP contribution in [-0.4, -0.2) is 23.4 Å². The van der Waals surface area contributed by atoms with Gasteiger partial charge in [0.25, 0.3) is 0 Å². The van der Waals surface area contributed by atoms with Crippen LogP contribution in [0.4, 0.5) is 0 Å². The predicted molar refractivity (Wildman–Crippen MR) is 43.9 cm³/mol. The van der Waals surface area contributed by atoms with Crippen molar-refractivity contribution in [3.8, 4) is 0 Å². The Hall–Kier alpha value is -0.340. The summed E-state index contributed by atoms with van der Waals surface area (Å²) in [5.41, 5.74) is 1.29. The summed E-state index contributed by atoms with van der Waals surface area (Å²) in [5.74, 6) is 0. The van der Waals surface area contributed by atoms with E-state index >= 15 is 0 Å². The molecule has 0 aliphatic rings. The van der Waals surface area contributed by atoms with Gasteiger partial charge in [0.2, 0.25) is 0 Å². The molecular weight excluding hydrogens is 128 g/mol. The van der Waals surface area contributed by atoms with Gasteiger partial charge < -0.3 is 10.2 Å². The standard InChI is InChI=1S/C6H12.C2H6O2/c1-4-5-6(2)3;3-1-2-4/h2,4-5H2,1,3H3;3-4H,1-2H2. The van der Waals surface area contributed by atoms with Crippen molar-refractivity contribution in [1.29, 1.82) is 0 Å². The van der Waals surface area contributed by atoms with Crippen LogP contribution in [-0.2, 0) is 0 Å². The summed E-state index contributed by atoms with van der Waals surface area (Å²) in [7, 11) is 0. The summed E-state index contributed by atoms with van der Waals surface area (Å²) in [4.78, 5) is 0. The van der Waals surface area contributed by atoms with Crippen LogP contribution in [0.2, 0.25) is 0 Å². The van der Waals surface area contributed by atoms with Crippen molar-refractivity contribution in [2.45, 2.75) is 26.7 Å². The normalized spacial score (nSPS) is 8.00. The van der Waals surface area contributed by atoms with Crippen molar-refractivity contribution in [3.05, 3.63) is 12.2 Å². The van der Waals surface area contributed by atoms with Gasteiger partial charge in [-0.05, 0) is 13.3 Å². The van der Waals surface area contributed by atoms with Crippen LogP contribution < -0.4 is 0 Å². The lowest BCUT2D eigenvalue weighted by atomic mass is 10.2. The molecule has 62 valence electrons. The lowest BCUT2D eigenvalue weighted by Crippen LogP contribution is -1.85. The van der Waals surface area contributed by atoms with Crippen molar-refractivity contribution in [3.63, 3.8) is 0 Å². The molecule has 0 aromatic carbocycles. The first-order chi connectivity index (χ1) is 4.68. The fourth-order valence-corrected chi connectivity index (χ4v) is 0.427. The Morgan fingerprint density at radius 1 is 1.30 bits per heavy atom. The second-order valence-corrected chi connectivity index (χ2v) is 2.15. The molecule has 0 heterocycles. The minimum atomic E-state index is -0.125. The summed E-state index contributed by atoms with van der Waals surface area (Å²) in [5, 5.41) is 15.2. The number of rotatable bonds is 3. The molecule has 0 fully saturated rings. The van der Waals surface area contributed by atoms with Crippen molar-refractivity contribution in [2.24, 2.45) is 0 Å². The Balaban J connectivity index is 0. The predicted octanol–water partition coefficient (Wildman–Crippen LogP) is 1.33. The van der Waals surface area contributed by atoms with E-state index in [1.807, 2.05) is 0 Å². The van der Waals surface area contributed by atoms with E-state index in [4.69, 9.17) is 10.2 Å². The second-order valence-electron chi connectivity index (χ2n) is 2.15. The van der Waals surface area contributed by atoms with Crippen molar-refractivity contribution in [2.75, 3.05) is 13.2 Å². The quantitative estimate of drug-likeness (QED) is 0.590. The van der Waals surface area contributed by atoms with E-state index in [2.05, 4.69) is 20.4 Å². The third-order valence-electron chi connectivity index (χ3n) is 0.777. The average molecular weight is 146 g/mol. The Labute approximate surface area is 63.2 Å². The number of aliphatic hydroxyl groups excluding tert-OH is 2. The minimum Gasteiger partial charge on any atom is -0.394 e. The highest BCUT2D eigenvalue weighted by atomic mass is 16.3. The van der Waals surface area contributed by atoms with Gasteiger partial charge in [0.15, 0.2) is 0 Å². The topological polar surface area (TPSA) is 40.5 Å². The minimum absolute atomic E-state index is 0.125. The van der Waals surface area contributed by atoms with Crippen LogP contribution in [0.1, 0.15) is 26.7 Å². The Morgan fingerprint density at radius 3 is 1.70 bits per heavy atom. The molecule has 0 aromatic heterocycles. The first-order valence-corrected chi connectivity index (χ1v) is 3.55. The summed E-state index contributed by atoms with van der Waals surface area (Å²) in [6.45, 7) is 7.72. The smallest absolute Gasteiger partial charge is 0.0662 e. The zero-order valence-electron chi connectivity index (χ0n) is 6.93. The van der Waals surface area contributed by atoms with Gasteiger partial charge >= 0.3 is 0 Å². The number of hydrogen-bond donors (Lipinski definition) is 2. The molecule has 2 heteroatoms. The summed E-state index contributed by atoms with van der Waals surface area (Å²) in [6.07, 6.45) is 2.41. The third-order valence-corrected chi connectivity index (χ3v) is 0.777. The molecule has 0 rings (SSSR count). The van der Waals surface area contributed by atoms with E-state index in [1.54, 1.807) is 0 Å². The largest absolute Gasteiger partial charge is 0.394 e. The number of allylic oxidation sites excluding steroid dienone is 1. The maximum absolute atomic E-state index is 7.62. The first-order valence-electron chi connectivity index (χ1n) is 3.55. The summed E-state index contributed by atoms with van der Waals surface area (Å²) in [6, 6.07) is 0. The molecule has 10 heavy (non-hydrogen) atoms. The molecule has 0 aliphatic heterocycles. The molecule has 0 amide bonds. The van der Waals surface area contributed by atoms with Crippen LogP contribution in [0.15, 0.2) is 12.2 Å². The van der Waals surface area contributed by atoms with Crippen molar-refractivity contribution >= 4 is 0 Å². The second kappa shape index (κ2) is 11.5. The van der Waals surface area contributed by atoms with Gasteiger partial charge in [0, 0.05) is 0 Å². The van der Waals surface area contributed by atoms with E-state index < -0.39 is 0 Å². The lowest BCUT2D eigenvalue weighted by molar-refractivity contribution is 0.186. The number of aliphatic hydroxyl groups is 2. The van der Waals surface area contributed by atoms with E-state index in [0.717, 1.165) is 0 Å². The molecule has 0 radical (unpaired) electrons. The lowest BCUT2D eigenvalue weighted by Gasteiger charge is -1.87. The van der Waals surface area contributed by atoms with Crippen molar-refractivity contribution < 1.29 is 10.2 Å². The molecule has 2 N–H and O–H groups in total. The van der Waals surface area contributed by atoms with Gasteiger partial charge in [0.05, 0.1) is 13.2 Å². The highest BCUT2D eigenvalue weighted by molar-refractivity contribution is 4.86. The third kappa shape index (κ3) is 25.4. The van der Waals surface area contributed by atoms with Crippen LogP contribution >= 0.6 is 0 Å². The summed E-state index contributed by atoms with van der Waals surface area (Å²) < 4.78 is 0. The first kappa shape index (κ1) is 12.3. The SMILES string of the molecule is C=C(C)CCC.OCCO. The van der Waals surface area contributed by atoms with E-state index in [0.29, 0.717) is 0 Å². The zero-order chi connectivity index (χ0) is 8.41. The Kier molecular flexibility index (Phi) is 14.1. The Bertz CT molecular complexity index is 67.7. The molecule has 0 unspecified atom stereocenters. The Morgan fingerprint density at radius 2 is 1.70 bits per heavy atom. The number of hydrogen-bond acceptors (Lipinski definition) is 2. The molecule has 0 aromatic rings. The fraction of sp³-hybridized carbons (Fsp3) is 0.750. The highest BCUT2D eigenvalue weighted by Crippen LogP contribution is 1.96. The van der Waals surface area contributed by atoms with Gasteiger partial charge in [-0.1, -0.05) is 18.9 Å². The average Bonchev–Trinajstić information content (AvgIpc) is 1.89. The van der Waals surface area contributed by atoms with E-state index in [-0.39, 0.29) is 13.2 Å². The molecule has 0 saturated carbocycles. The molecule has 0 bridgehead atoms. The van der Waals surface area contributed by atoms with Crippen LogP contribution in [0.3, 0.4) is 0 Å². The monoisotopic (exact) mass is 146 g/mol. The molecule has 0 atom stereocenters. The van der Waals surface area contributed by atoms with Crippen LogP contribution in [0.5, 0.6) is 0 Å².